The van der Waals surface area contributed by atoms with Crippen molar-refractivity contribution in [2.24, 2.45) is 0 Å². The zero-order chi connectivity index (χ0) is 25.3. The van der Waals surface area contributed by atoms with Gasteiger partial charge < -0.3 is 14.4 Å². The summed E-state index contributed by atoms with van der Waals surface area (Å²) in [5.74, 6) is 2.19. The fourth-order valence-corrected chi connectivity index (χ4v) is 3.96. The van der Waals surface area contributed by atoms with Gasteiger partial charge in [0.05, 0.1) is 10.5 Å². The number of nitro groups is 1. The van der Waals surface area contributed by atoms with Gasteiger partial charge in [0, 0.05) is 24.8 Å². The molecule has 36 heavy (non-hydrogen) atoms. The number of rotatable bonds is 11. The minimum atomic E-state index is -0.330. The first-order chi connectivity index (χ1) is 17.5. The van der Waals surface area contributed by atoms with Crippen LogP contribution in [0.3, 0.4) is 0 Å². The van der Waals surface area contributed by atoms with Gasteiger partial charge in [-0.25, -0.2) is 0 Å². The third-order valence-electron chi connectivity index (χ3n) is 5.75. The molecule has 0 heterocycles. The Labute approximate surface area is 211 Å². The Morgan fingerprint density at radius 2 is 1.39 bits per heavy atom. The van der Waals surface area contributed by atoms with Crippen LogP contribution >= 0.6 is 0 Å². The number of anilines is 1. The Bertz CT molecular complexity index is 1300. The first kappa shape index (κ1) is 24.5. The van der Waals surface area contributed by atoms with Gasteiger partial charge in [-0.05, 0) is 60.5 Å². The van der Waals surface area contributed by atoms with Gasteiger partial charge in [0.25, 0.3) is 5.69 Å². The molecule has 0 aliphatic carbocycles. The highest BCUT2D eigenvalue weighted by Crippen LogP contribution is 2.31. The summed E-state index contributed by atoms with van der Waals surface area (Å²) in [4.78, 5) is 13.4. The maximum absolute atomic E-state index is 11.5. The fraction of sp³-hybridized carbons (Fsp3) is 0.133. The second-order valence-electron chi connectivity index (χ2n) is 8.34. The number of benzene rings is 4. The molecule has 0 radical (unpaired) electrons. The number of hydrogen-bond donors (Lipinski definition) is 0. The van der Waals surface area contributed by atoms with Crippen molar-refractivity contribution >= 4 is 11.4 Å². The summed E-state index contributed by atoms with van der Waals surface area (Å²) in [5.41, 5.74) is 3.81. The quantitative estimate of drug-likeness (QED) is 0.127. The van der Waals surface area contributed by atoms with Gasteiger partial charge in [-0.3, -0.25) is 10.1 Å². The Kier molecular flexibility index (Phi) is 7.98. The van der Waals surface area contributed by atoms with Crippen LogP contribution in [0.15, 0.2) is 110 Å². The van der Waals surface area contributed by atoms with E-state index in [0.29, 0.717) is 31.0 Å². The highest BCUT2D eigenvalue weighted by Gasteiger charge is 2.18. The third kappa shape index (κ3) is 6.30. The molecule has 0 aromatic heterocycles. The number of nitro benzene ring substituents is 1. The minimum absolute atomic E-state index is 0.121. The fourth-order valence-electron chi connectivity index (χ4n) is 3.96. The molecule has 0 unspecified atom stereocenters. The third-order valence-corrected chi connectivity index (χ3v) is 5.75. The second-order valence-corrected chi connectivity index (χ2v) is 8.34. The molecular weight excluding hydrogens is 452 g/mol. The topological polar surface area (TPSA) is 64.8 Å². The summed E-state index contributed by atoms with van der Waals surface area (Å²) in [6, 6.07) is 30.6. The lowest BCUT2D eigenvalue weighted by atomic mass is 10.1. The van der Waals surface area contributed by atoms with Gasteiger partial charge in [-0.15, -0.1) is 0 Å². The summed E-state index contributed by atoms with van der Waals surface area (Å²) < 4.78 is 11.5. The van der Waals surface area contributed by atoms with E-state index >= 15 is 0 Å². The van der Waals surface area contributed by atoms with Gasteiger partial charge in [0.1, 0.15) is 23.9 Å². The van der Waals surface area contributed by atoms with E-state index in [1.54, 1.807) is 25.1 Å². The largest absolute Gasteiger partial charge is 0.490 e. The smallest absolute Gasteiger partial charge is 0.274 e. The molecule has 0 aliphatic heterocycles. The van der Waals surface area contributed by atoms with Crippen molar-refractivity contribution in [2.75, 3.05) is 11.5 Å². The van der Waals surface area contributed by atoms with E-state index in [2.05, 4.69) is 23.6 Å². The predicted molar refractivity (Wildman–Crippen MR) is 143 cm³/mol. The highest BCUT2D eigenvalue weighted by molar-refractivity contribution is 5.62. The molecule has 6 heteroatoms. The van der Waals surface area contributed by atoms with Crippen molar-refractivity contribution in [1.29, 1.82) is 0 Å². The Balaban J connectivity index is 1.52. The van der Waals surface area contributed by atoms with E-state index in [1.807, 2.05) is 72.8 Å². The van der Waals surface area contributed by atoms with Gasteiger partial charge >= 0.3 is 0 Å². The number of hydrogen-bond acceptors (Lipinski definition) is 5. The molecule has 0 spiro atoms. The monoisotopic (exact) mass is 480 g/mol. The van der Waals surface area contributed by atoms with Gasteiger partial charge in [0.2, 0.25) is 0 Å². The van der Waals surface area contributed by atoms with Crippen LogP contribution in [0, 0.1) is 17.0 Å². The molecule has 0 amide bonds. The maximum atomic E-state index is 11.5. The van der Waals surface area contributed by atoms with Crippen LogP contribution in [0.25, 0.3) is 0 Å². The van der Waals surface area contributed by atoms with E-state index in [0.717, 1.165) is 28.3 Å². The molecule has 0 bridgehead atoms. The van der Waals surface area contributed by atoms with E-state index in [4.69, 9.17) is 9.47 Å². The predicted octanol–water partition coefficient (Wildman–Crippen LogP) is 7.47. The zero-order valence-corrected chi connectivity index (χ0v) is 20.2. The molecule has 0 saturated heterocycles. The molecule has 4 rings (SSSR count). The van der Waals surface area contributed by atoms with Crippen LogP contribution in [0.1, 0.15) is 16.7 Å². The minimum Gasteiger partial charge on any atom is -0.490 e. The first-order valence-corrected chi connectivity index (χ1v) is 11.7. The van der Waals surface area contributed by atoms with Crippen LogP contribution in [0.2, 0.25) is 0 Å². The number of nitrogens with zero attached hydrogens (tertiary/aromatic N) is 2. The highest BCUT2D eigenvalue weighted by atomic mass is 16.6. The van der Waals surface area contributed by atoms with Crippen molar-refractivity contribution in [3.8, 4) is 17.2 Å². The van der Waals surface area contributed by atoms with Crippen LogP contribution in [0.5, 0.6) is 17.2 Å². The Morgan fingerprint density at radius 1 is 0.806 bits per heavy atom. The molecule has 6 nitrogen and oxygen atoms in total. The van der Waals surface area contributed by atoms with E-state index in [1.165, 1.54) is 0 Å². The molecule has 0 N–H and O–H groups in total. The van der Waals surface area contributed by atoms with Crippen LogP contribution in [-0.4, -0.2) is 11.5 Å². The lowest BCUT2D eigenvalue weighted by Crippen LogP contribution is -2.23. The zero-order valence-electron chi connectivity index (χ0n) is 20.2. The van der Waals surface area contributed by atoms with Gasteiger partial charge in [-0.2, -0.15) is 0 Å². The van der Waals surface area contributed by atoms with E-state index < -0.39 is 0 Å². The van der Waals surface area contributed by atoms with Crippen molar-refractivity contribution in [3.63, 3.8) is 0 Å². The van der Waals surface area contributed by atoms with E-state index in [-0.39, 0.29) is 10.6 Å². The molecule has 0 saturated carbocycles. The normalized spacial score (nSPS) is 10.5. The van der Waals surface area contributed by atoms with Crippen molar-refractivity contribution in [2.45, 2.75) is 20.0 Å². The van der Waals surface area contributed by atoms with Crippen molar-refractivity contribution in [1.82, 2.24) is 0 Å². The molecular formula is C30H28N2O4. The first-order valence-electron chi connectivity index (χ1n) is 11.7. The van der Waals surface area contributed by atoms with Crippen molar-refractivity contribution < 1.29 is 14.4 Å². The average Bonchev–Trinajstić information content (AvgIpc) is 2.89. The summed E-state index contributed by atoms with van der Waals surface area (Å²) in [6.07, 6.45) is 1.70. The molecule has 0 aliphatic rings. The molecule has 0 fully saturated rings. The average molecular weight is 481 g/mol. The SMILES string of the molecule is C=CCOc1ccc(Oc2ccc(CN(Cc3ccccc3)c3cccc([N+](=O)[O-])c3C)cc2)cc1. The summed E-state index contributed by atoms with van der Waals surface area (Å²) in [7, 11) is 0. The Hall–Kier alpha value is -4.58. The van der Waals surface area contributed by atoms with E-state index in [9.17, 15) is 10.1 Å². The summed E-state index contributed by atoms with van der Waals surface area (Å²) in [5, 5.41) is 11.5. The molecule has 4 aromatic carbocycles. The van der Waals surface area contributed by atoms with Crippen LogP contribution < -0.4 is 14.4 Å². The lowest BCUT2D eigenvalue weighted by Gasteiger charge is -2.27. The van der Waals surface area contributed by atoms with Crippen LogP contribution in [0.4, 0.5) is 11.4 Å². The molecule has 4 aromatic rings. The van der Waals surface area contributed by atoms with Gasteiger partial charge in [-0.1, -0.05) is 61.2 Å². The standard InChI is InChI=1S/C30H28N2O4/c1-3-20-35-26-16-18-28(19-17-26)36-27-14-12-25(13-15-27)22-31(21-24-8-5-4-6-9-24)29-10-7-11-30(23(29)2)32(33)34/h3-19H,1,20-22H2,2H3. The number of ether oxygens (including phenoxy) is 2. The Morgan fingerprint density at radius 3 is 2.00 bits per heavy atom. The molecule has 182 valence electrons. The van der Waals surface area contributed by atoms with Gasteiger partial charge in [0.15, 0.2) is 0 Å². The van der Waals surface area contributed by atoms with Crippen molar-refractivity contribution in [3.05, 3.63) is 137 Å². The maximum Gasteiger partial charge on any atom is 0.274 e. The lowest BCUT2D eigenvalue weighted by molar-refractivity contribution is -0.385. The summed E-state index contributed by atoms with van der Waals surface area (Å²) >= 11 is 0. The van der Waals surface area contributed by atoms with Crippen LogP contribution in [-0.2, 0) is 13.1 Å². The summed E-state index contributed by atoms with van der Waals surface area (Å²) in [6.45, 7) is 7.12. The molecule has 0 atom stereocenters. The second kappa shape index (κ2) is 11.7.